The van der Waals surface area contributed by atoms with Crippen molar-refractivity contribution >= 4 is 0 Å². The Morgan fingerprint density at radius 3 is 3.00 bits per heavy atom. The summed E-state index contributed by atoms with van der Waals surface area (Å²) in [7, 11) is 0. The highest BCUT2D eigenvalue weighted by Gasteiger charge is 2.33. The highest BCUT2D eigenvalue weighted by atomic mass is 16.3. The van der Waals surface area contributed by atoms with E-state index in [0.717, 1.165) is 43.6 Å². The van der Waals surface area contributed by atoms with Gasteiger partial charge in [0.05, 0.1) is 6.10 Å². The molecule has 2 N–H and O–H groups in total. The van der Waals surface area contributed by atoms with Crippen molar-refractivity contribution in [2.45, 2.75) is 59.1 Å². The van der Waals surface area contributed by atoms with E-state index in [2.05, 4.69) is 41.4 Å². The molecule has 0 bridgehead atoms. The molecule has 0 amide bonds. The van der Waals surface area contributed by atoms with E-state index in [9.17, 15) is 5.11 Å². The van der Waals surface area contributed by atoms with Gasteiger partial charge >= 0.3 is 0 Å². The molecule has 3 rings (SSSR count). The Hall–Kier alpha value is -1.55. The molecule has 1 atom stereocenters. The topological polar surface area (TPSA) is 53.8 Å². The Kier molecular flexibility index (Phi) is 3.66. The maximum absolute atomic E-state index is 10.4. The monoisotopic (exact) mass is 287 g/mol. The molecule has 21 heavy (non-hydrogen) atoms. The molecule has 1 aliphatic rings. The van der Waals surface area contributed by atoms with E-state index in [1.165, 1.54) is 11.4 Å². The van der Waals surface area contributed by atoms with Gasteiger partial charge in [0.15, 0.2) is 0 Å². The number of imidazole rings is 1. The Balaban J connectivity index is 1.76. The van der Waals surface area contributed by atoms with Crippen LogP contribution >= 0.6 is 0 Å². The first-order chi connectivity index (χ1) is 9.96. The lowest BCUT2D eigenvalue weighted by Crippen LogP contribution is -2.27. The average Bonchev–Trinajstić information content (AvgIpc) is 2.99. The highest BCUT2D eigenvalue weighted by Crippen LogP contribution is 2.41. The first kappa shape index (κ1) is 14.4. The first-order valence-electron chi connectivity index (χ1n) is 7.81. The number of rotatable bonds is 4. The summed E-state index contributed by atoms with van der Waals surface area (Å²) in [4.78, 5) is 7.43. The van der Waals surface area contributed by atoms with E-state index < -0.39 is 0 Å². The standard InChI is InChI=1S/C17H25N3O/c1-12-9-13-14(10-17(2,3)11-15(13)21)20(12)8-4-5-16-18-6-7-19-16/h6-7,9,15,21H,4-5,8,10-11H2,1-3H3,(H,18,19). The second-order valence-corrected chi connectivity index (χ2v) is 7.04. The van der Waals surface area contributed by atoms with Gasteiger partial charge in [-0.05, 0) is 37.7 Å². The van der Waals surface area contributed by atoms with Crippen LogP contribution in [0.15, 0.2) is 18.5 Å². The molecule has 114 valence electrons. The van der Waals surface area contributed by atoms with Crippen LogP contribution in [0.5, 0.6) is 0 Å². The zero-order chi connectivity index (χ0) is 15.0. The fraction of sp³-hybridized carbons (Fsp3) is 0.588. The van der Waals surface area contributed by atoms with Gasteiger partial charge < -0.3 is 14.7 Å². The number of aryl methyl sites for hydroxylation is 2. The lowest BCUT2D eigenvalue weighted by molar-refractivity contribution is 0.0979. The number of fused-ring (bicyclic) bond motifs is 1. The predicted molar refractivity (Wildman–Crippen MR) is 83.1 cm³/mol. The number of aromatic amines is 1. The highest BCUT2D eigenvalue weighted by molar-refractivity contribution is 5.33. The SMILES string of the molecule is Cc1cc2c(n1CCCc1ncc[nH]1)CC(C)(C)CC2O. The number of aliphatic hydroxyl groups excluding tert-OH is 1. The van der Waals surface area contributed by atoms with Gasteiger partial charge in [0.2, 0.25) is 0 Å². The van der Waals surface area contributed by atoms with Gasteiger partial charge in [-0.2, -0.15) is 0 Å². The number of H-pyrrole nitrogens is 1. The predicted octanol–water partition coefficient (Wildman–Crippen LogP) is 3.16. The van der Waals surface area contributed by atoms with Crippen LogP contribution in [0.25, 0.3) is 0 Å². The van der Waals surface area contributed by atoms with Crippen molar-refractivity contribution in [3.05, 3.63) is 41.2 Å². The van der Waals surface area contributed by atoms with Gasteiger partial charge in [0.25, 0.3) is 0 Å². The summed E-state index contributed by atoms with van der Waals surface area (Å²) in [6, 6.07) is 2.17. The maximum Gasteiger partial charge on any atom is 0.106 e. The average molecular weight is 287 g/mol. The Morgan fingerprint density at radius 1 is 1.48 bits per heavy atom. The van der Waals surface area contributed by atoms with Crippen molar-refractivity contribution in [2.75, 3.05) is 0 Å². The van der Waals surface area contributed by atoms with E-state index >= 15 is 0 Å². The number of hydrogen-bond acceptors (Lipinski definition) is 2. The lowest BCUT2D eigenvalue weighted by Gasteiger charge is -2.34. The van der Waals surface area contributed by atoms with Crippen molar-refractivity contribution < 1.29 is 5.11 Å². The molecule has 2 heterocycles. The molecule has 1 unspecified atom stereocenters. The molecule has 4 heteroatoms. The number of aromatic nitrogens is 3. The molecular formula is C17H25N3O. The van der Waals surface area contributed by atoms with Gasteiger partial charge in [-0.15, -0.1) is 0 Å². The van der Waals surface area contributed by atoms with Gasteiger partial charge in [0, 0.05) is 42.3 Å². The molecular weight excluding hydrogens is 262 g/mol. The van der Waals surface area contributed by atoms with Crippen molar-refractivity contribution in [2.24, 2.45) is 5.41 Å². The minimum absolute atomic E-state index is 0.177. The smallest absolute Gasteiger partial charge is 0.106 e. The third-order valence-corrected chi connectivity index (χ3v) is 4.55. The summed E-state index contributed by atoms with van der Waals surface area (Å²) in [5, 5.41) is 10.4. The van der Waals surface area contributed by atoms with Crippen molar-refractivity contribution in [3.63, 3.8) is 0 Å². The Morgan fingerprint density at radius 2 is 2.29 bits per heavy atom. The Labute approximate surface area is 126 Å². The van der Waals surface area contributed by atoms with Crippen LogP contribution in [0.1, 0.15) is 55.6 Å². The van der Waals surface area contributed by atoms with E-state index in [-0.39, 0.29) is 11.5 Å². The molecule has 2 aromatic rings. The van der Waals surface area contributed by atoms with Crippen LogP contribution in [-0.2, 0) is 19.4 Å². The zero-order valence-electron chi connectivity index (χ0n) is 13.2. The quantitative estimate of drug-likeness (QED) is 0.907. The molecule has 0 radical (unpaired) electrons. The van der Waals surface area contributed by atoms with Gasteiger partial charge in [-0.25, -0.2) is 4.98 Å². The van der Waals surface area contributed by atoms with Crippen molar-refractivity contribution in [1.29, 1.82) is 0 Å². The fourth-order valence-corrected chi connectivity index (χ4v) is 3.55. The number of aliphatic hydroxyl groups is 1. The van der Waals surface area contributed by atoms with Crippen molar-refractivity contribution in [1.82, 2.24) is 14.5 Å². The summed E-state index contributed by atoms with van der Waals surface area (Å²) in [5.41, 5.74) is 3.91. The van der Waals surface area contributed by atoms with Crippen LogP contribution in [0.2, 0.25) is 0 Å². The first-order valence-corrected chi connectivity index (χ1v) is 7.81. The molecule has 2 aromatic heterocycles. The van der Waals surface area contributed by atoms with Crippen LogP contribution in [0.3, 0.4) is 0 Å². The van der Waals surface area contributed by atoms with Crippen LogP contribution in [-0.4, -0.2) is 19.6 Å². The second kappa shape index (κ2) is 5.34. The molecule has 0 saturated carbocycles. The van der Waals surface area contributed by atoms with Gasteiger partial charge in [-0.3, -0.25) is 0 Å². The minimum Gasteiger partial charge on any atom is -0.388 e. The molecule has 0 spiro atoms. The third kappa shape index (κ3) is 2.91. The second-order valence-electron chi connectivity index (χ2n) is 7.04. The minimum atomic E-state index is -0.311. The Bertz CT molecular complexity index is 610. The molecule has 1 aliphatic carbocycles. The number of nitrogens with zero attached hydrogens (tertiary/aromatic N) is 2. The summed E-state index contributed by atoms with van der Waals surface area (Å²) in [6.45, 7) is 7.62. The third-order valence-electron chi connectivity index (χ3n) is 4.55. The van der Waals surface area contributed by atoms with E-state index in [4.69, 9.17) is 0 Å². The largest absolute Gasteiger partial charge is 0.388 e. The van der Waals surface area contributed by atoms with Crippen molar-refractivity contribution in [3.8, 4) is 0 Å². The van der Waals surface area contributed by atoms with Crippen LogP contribution < -0.4 is 0 Å². The molecule has 0 fully saturated rings. The molecule has 0 saturated heterocycles. The maximum atomic E-state index is 10.4. The molecule has 0 aromatic carbocycles. The normalized spacial score (nSPS) is 20.5. The van der Waals surface area contributed by atoms with Crippen LogP contribution in [0, 0.1) is 12.3 Å². The van der Waals surface area contributed by atoms with E-state index in [0.29, 0.717) is 0 Å². The fourth-order valence-electron chi connectivity index (χ4n) is 3.55. The van der Waals surface area contributed by atoms with Gasteiger partial charge in [-0.1, -0.05) is 13.8 Å². The van der Waals surface area contributed by atoms with Gasteiger partial charge in [0.1, 0.15) is 5.82 Å². The molecule has 4 nitrogen and oxygen atoms in total. The molecule has 0 aliphatic heterocycles. The summed E-state index contributed by atoms with van der Waals surface area (Å²) >= 11 is 0. The zero-order valence-corrected chi connectivity index (χ0v) is 13.2. The number of nitrogens with one attached hydrogen (secondary N) is 1. The van der Waals surface area contributed by atoms with Crippen LogP contribution in [0.4, 0.5) is 0 Å². The lowest BCUT2D eigenvalue weighted by atomic mass is 9.75. The number of hydrogen-bond donors (Lipinski definition) is 2. The van der Waals surface area contributed by atoms with E-state index in [1.54, 1.807) is 6.20 Å². The summed E-state index contributed by atoms with van der Waals surface area (Å²) in [5.74, 6) is 1.05. The summed E-state index contributed by atoms with van der Waals surface area (Å²) in [6.07, 6.45) is 7.29. The van der Waals surface area contributed by atoms with E-state index in [1.807, 2.05) is 6.20 Å². The summed E-state index contributed by atoms with van der Waals surface area (Å²) < 4.78 is 2.39.